The molecule has 0 radical (unpaired) electrons. The highest BCUT2D eigenvalue weighted by Gasteiger charge is 2.21. The highest BCUT2D eigenvalue weighted by molar-refractivity contribution is 9.10. The van der Waals surface area contributed by atoms with Crippen LogP contribution < -0.4 is 5.32 Å². The fraction of sp³-hybridized carbons (Fsp3) is 0.250. The maximum atomic E-state index is 12.1. The molecule has 2 rings (SSSR count). The van der Waals surface area contributed by atoms with Crippen LogP contribution in [0.25, 0.3) is 0 Å². The summed E-state index contributed by atoms with van der Waals surface area (Å²) in [5.74, 6) is -0.117. The Hall–Kier alpha value is -1.20. The van der Waals surface area contributed by atoms with E-state index < -0.39 is 0 Å². The summed E-state index contributed by atoms with van der Waals surface area (Å²) in [6.07, 6.45) is 3.22. The van der Waals surface area contributed by atoms with Gasteiger partial charge in [-0.15, -0.1) is 0 Å². The van der Waals surface area contributed by atoms with Crippen molar-refractivity contribution < 1.29 is 4.79 Å². The van der Waals surface area contributed by atoms with E-state index >= 15 is 0 Å². The van der Waals surface area contributed by atoms with Crippen LogP contribution in [-0.4, -0.2) is 17.4 Å². The molecule has 0 spiro atoms. The lowest BCUT2D eigenvalue weighted by Gasteiger charge is -2.25. The van der Waals surface area contributed by atoms with Gasteiger partial charge in [0.2, 0.25) is 0 Å². The Balaban J connectivity index is 2.04. The minimum Gasteiger partial charge on any atom is -0.351 e. The molecule has 5 heteroatoms. The number of hydrogen-bond donors (Lipinski definition) is 1. The summed E-state index contributed by atoms with van der Waals surface area (Å²) in [6.45, 7) is 4.77. The first-order chi connectivity index (χ1) is 9.88. The highest BCUT2D eigenvalue weighted by Crippen LogP contribution is 2.24. The van der Waals surface area contributed by atoms with Gasteiger partial charge in [-0.1, -0.05) is 41.9 Å². The number of pyridine rings is 1. The molecule has 3 nitrogen and oxygen atoms in total. The fourth-order valence-corrected chi connectivity index (χ4v) is 2.57. The molecule has 0 saturated carbocycles. The third kappa shape index (κ3) is 4.38. The van der Waals surface area contributed by atoms with Gasteiger partial charge in [0.05, 0.1) is 5.56 Å². The molecule has 1 aromatic carbocycles. The Bertz CT molecular complexity index is 639. The van der Waals surface area contributed by atoms with Crippen LogP contribution in [0, 0.1) is 0 Å². The molecule has 0 aliphatic carbocycles. The van der Waals surface area contributed by atoms with Crippen molar-refractivity contribution in [2.45, 2.75) is 19.3 Å². The largest absolute Gasteiger partial charge is 0.351 e. The second-order valence-electron chi connectivity index (χ2n) is 5.47. The molecular weight excluding hydrogens is 396 g/mol. The van der Waals surface area contributed by atoms with Crippen molar-refractivity contribution in [2.75, 3.05) is 6.54 Å². The number of nitrogens with zero attached hydrogens (tertiary/aromatic N) is 1. The number of carbonyl (C=O) groups excluding carboxylic acids is 1. The molecule has 1 heterocycles. The zero-order valence-electron chi connectivity index (χ0n) is 11.9. The Morgan fingerprint density at radius 3 is 2.43 bits per heavy atom. The predicted octanol–water partition coefficient (Wildman–Crippen LogP) is 4.31. The van der Waals surface area contributed by atoms with Crippen molar-refractivity contribution in [3.63, 3.8) is 0 Å². The molecule has 0 aliphatic heterocycles. The Morgan fingerprint density at radius 2 is 1.81 bits per heavy atom. The van der Waals surface area contributed by atoms with Crippen molar-refractivity contribution in [3.05, 3.63) is 62.8 Å². The van der Waals surface area contributed by atoms with E-state index in [-0.39, 0.29) is 11.3 Å². The zero-order chi connectivity index (χ0) is 15.5. The smallest absolute Gasteiger partial charge is 0.252 e. The minimum absolute atomic E-state index is 0.117. The average molecular weight is 412 g/mol. The number of hydrogen-bond acceptors (Lipinski definition) is 2. The third-order valence-electron chi connectivity index (χ3n) is 3.28. The van der Waals surface area contributed by atoms with Gasteiger partial charge in [0, 0.05) is 33.3 Å². The number of carbonyl (C=O) groups is 1. The van der Waals surface area contributed by atoms with Crippen LogP contribution >= 0.6 is 31.9 Å². The number of aromatic nitrogens is 1. The summed E-state index contributed by atoms with van der Waals surface area (Å²) in [5, 5.41) is 2.97. The molecule has 0 aliphatic rings. The van der Waals surface area contributed by atoms with Gasteiger partial charge in [-0.05, 0) is 39.7 Å². The molecule has 0 bridgehead atoms. The van der Waals surface area contributed by atoms with Gasteiger partial charge in [0.25, 0.3) is 5.91 Å². The summed E-state index contributed by atoms with van der Waals surface area (Å²) in [6, 6.07) is 9.91. The Labute approximate surface area is 141 Å². The number of nitrogens with one attached hydrogen (secondary N) is 1. The molecule has 1 N–H and O–H groups in total. The molecule has 0 atom stereocenters. The van der Waals surface area contributed by atoms with Crippen LogP contribution in [-0.2, 0) is 5.41 Å². The van der Waals surface area contributed by atoms with E-state index in [4.69, 9.17) is 0 Å². The summed E-state index contributed by atoms with van der Waals surface area (Å²) in [7, 11) is 0. The topological polar surface area (TPSA) is 42.0 Å². The third-order valence-corrected chi connectivity index (χ3v) is 4.25. The van der Waals surface area contributed by atoms with E-state index in [2.05, 4.69) is 68.1 Å². The van der Waals surface area contributed by atoms with E-state index in [0.29, 0.717) is 12.1 Å². The quantitative estimate of drug-likeness (QED) is 0.814. The monoisotopic (exact) mass is 410 g/mol. The maximum absolute atomic E-state index is 12.1. The van der Waals surface area contributed by atoms with Gasteiger partial charge in [-0.25, -0.2) is 0 Å². The fourth-order valence-electron chi connectivity index (χ4n) is 1.94. The molecule has 0 fully saturated rings. The number of benzene rings is 1. The van der Waals surface area contributed by atoms with Gasteiger partial charge in [-0.3, -0.25) is 9.78 Å². The van der Waals surface area contributed by atoms with E-state index in [1.807, 2.05) is 12.1 Å². The molecule has 0 saturated heterocycles. The lowest BCUT2D eigenvalue weighted by molar-refractivity contribution is 0.0945. The first kappa shape index (κ1) is 16.2. The SMILES string of the molecule is CC(C)(CNC(=O)c1cncc(Br)c1)c1ccc(Br)cc1. The van der Waals surface area contributed by atoms with Gasteiger partial charge in [0.15, 0.2) is 0 Å². The van der Waals surface area contributed by atoms with E-state index in [0.717, 1.165) is 8.95 Å². The van der Waals surface area contributed by atoms with Crippen molar-refractivity contribution in [1.29, 1.82) is 0 Å². The normalized spacial score (nSPS) is 11.2. The van der Waals surface area contributed by atoms with Gasteiger partial charge >= 0.3 is 0 Å². The number of rotatable bonds is 4. The van der Waals surface area contributed by atoms with Crippen molar-refractivity contribution in [1.82, 2.24) is 10.3 Å². The first-order valence-electron chi connectivity index (χ1n) is 6.53. The summed E-state index contributed by atoms with van der Waals surface area (Å²) in [5.41, 5.74) is 1.59. The van der Waals surface area contributed by atoms with Crippen LogP contribution in [0.1, 0.15) is 29.8 Å². The lowest BCUT2D eigenvalue weighted by atomic mass is 9.84. The second-order valence-corrected chi connectivity index (χ2v) is 7.30. The first-order valence-corrected chi connectivity index (χ1v) is 8.12. The van der Waals surface area contributed by atoms with E-state index in [9.17, 15) is 4.79 Å². The van der Waals surface area contributed by atoms with Gasteiger partial charge in [-0.2, -0.15) is 0 Å². The summed E-state index contributed by atoms with van der Waals surface area (Å²) >= 11 is 6.75. The standard InChI is InChI=1S/C16H16Br2N2O/c1-16(2,12-3-5-13(17)6-4-12)10-20-15(21)11-7-14(18)9-19-8-11/h3-9H,10H2,1-2H3,(H,20,21). The van der Waals surface area contributed by atoms with Crippen LogP contribution in [0.4, 0.5) is 0 Å². The molecule has 1 amide bonds. The zero-order valence-corrected chi connectivity index (χ0v) is 15.0. The predicted molar refractivity (Wildman–Crippen MR) is 91.4 cm³/mol. The molecule has 21 heavy (non-hydrogen) atoms. The van der Waals surface area contributed by atoms with E-state index in [1.54, 1.807) is 18.5 Å². The molecule has 110 valence electrons. The van der Waals surface area contributed by atoms with E-state index in [1.165, 1.54) is 5.56 Å². The van der Waals surface area contributed by atoms with Crippen molar-refractivity contribution >= 4 is 37.8 Å². The minimum atomic E-state index is -0.143. The second kappa shape index (κ2) is 6.71. The molecule has 1 aromatic heterocycles. The van der Waals surface area contributed by atoms with Gasteiger partial charge in [0.1, 0.15) is 0 Å². The van der Waals surface area contributed by atoms with Crippen molar-refractivity contribution in [3.8, 4) is 0 Å². The van der Waals surface area contributed by atoms with Crippen LogP contribution in [0.15, 0.2) is 51.7 Å². The Morgan fingerprint density at radius 1 is 1.14 bits per heavy atom. The molecule has 2 aromatic rings. The molecule has 0 unspecified atom stereocenters. The Kier molecular flexibility index (Phi) is 5.17. The number of amides is 1. The summed E-state index contributed by atoms with van der Waals surface area (Å²) < 4.78 is 1.84. The summed E-state index contributed by atoms with van der Waals surface area (Å²) in [4.78, 5) is 16.2. The average Bonchev–Trinajstić information content (AvgIpc) is 2.45. The molecular formula is C16H16Br2N2O. The van der Waals surface area contributed by atoms with Crippen LogP contribution in [0.2, 0.25) is 0 Å². The van der Waals surface area contributed by atoms with Crippen molar-refractivity contribution in [2.24, 2.45) is 0 Å². The van der Waals surface area contributed by atoms with Crippen LogP contribution in [0.3, 0.4) is 0 Å². The highest BCUT2D eigenvalue weighted by atomic mass is 79.9. The lowest BCUT2D eigenvalue weighted by Crippen LogP contribution is -2.36. The van der Waals surface area contributed by atoms with Crippen LogP contribution in [0.5, 0.6) is 0 Å². The maximum Gasteiger partial charge on any atom is 0.252 e. The van der Waals surface area contributed by atoms with Gasteiger partial charge < -0.3 is 5.32 Å². The number of halogens is 2.